The number of thiazole rings is 1. The van der Waals surface area contributed by atoms with Crippen molar-refractivity contribution in [3.63, 3.8) is 0 Å². The number of amides is 1. The fourth-order valence-corrected chi connectivity index (χ4v) is 7.52. The minimum absolute atomic E-state index is 0.0791. The van der Waals surface area contributed by atoms with Crippen molar-refractivity contribution in [2.24, 2.45) is 5.92 Å². The van der Waals surface area contributed by atoms with Crippen LogP contribution in [0.5, 0.6) is 0 Å². The lowest BCUT2D eigenvalue weighted by Crippen LogP contribution is -2.35. The summed E-state index contributed by atoms with van der Waals surface area (Å²) >= 11 is 6.18. The normalized spacial score (nSPS) is 19.7. The average Bonchev–Trinajstić information content (AvgIpc) is 3.33. The standard InChI is InChI=1S/C25H17BrF7N5OS2/c1-40-23-36-22-16(41-23)7-14(26)19(35-22)15(4-9-2-10(27)5-11(28)3-9)34-17(39)8-38-21-18(20(37-38)25(31,32)33)12-6-13(12)24(21,29)30/h2-3,5,7,12-13,15H,4,6,8H2,1H3,(H,34,39)/t12-,13+,15?/m0/s1. The highest BCUT2D eigenvalue weighted by Gasteiger charge is 2.68. The zero-order valence-corrected chi connectivity index (χ0v) is 23.9. The summed E-state index contributed by atoms with van der Waals surface area (Å²) in [7, 11) is 0. The zero-order valence-electron chi connectivity index (χ0n) is 20.7. The van der Waals surface area contributed by atoms with Crippen LogP contribution in [0.1, 0.15) is 46.6 Å². The Kier molecular flexibility index (Phi) is 6.88. The Morgan fingerprint density at radius 2 is 1.93 bits per heavy atom. The quantitative estimate of drug-likeness (QED) is 0.169. The fraction of sp³-hybridized carbons (Fsp3) is 0.360. The highest BCUT2D eigenvalue weighted by Crippen LogP contribution is 2.68. The minimum Gasteiger partial charge on any atom is -0.346 e. The number of hydrogen-bond acceptors (Lipinski definition) is 6. The van der Waals surface area contributed by atoms with Crippen LogP contribution in [0.2, 0.25) is 0 Å². The third-order valence-electron chi connectivity index (χ3n) is 7.04. The van der Waals surface area contributed by atoms with Gasteiger partial charge >= 0.3 is 6.18 Å². The molecule has 1 unspecified atom stereocenters. The van der Waals surface area contributed by atoms with E-state index in [2.05, 4.69) is 36.3 Å². The van der Waals surface area contributed by atoms with Crippen LogP contribution in [0.3, 0.4) is 0 Å². The Hall–Kier alpha value is -2.72. The second-order valence-corrected chi connectivity index (χ2v) is 12.7. The first kappa shape index (κ1) is 28.4. The van der Waals surface area contributed by atoms with Gasteiger partial charge in [-0.25, -0.2) is 18.7 Å². The molecule has 0 bridgehead atoms. The smallest absolute Gasteiger partial charge is 0.346 e. The molecule has 1 amide bonds. The van der Waals surface area contributed by atoms with Crippen LogP contribution in [0.25, 0.3) is 10.3 Å². The van der Waals surface area contributed by atoms with Crippen molar-refractivity contribution in [2.45, 2.75) is 47.8 Å². The lowest BCUT2D eigenvalue weighted by Gasteiger charge is -2.21. The number of carbonyl (C=O) groups excluding carboxylic acids is 1. The summed E-state index contributed by atoms with van der Waals surface area (Å²) in [5, 5.41) is 5.98. The van der Waals surface area contributed by atoms with Crippen molar-refractivity contribution in [3.05, 3.63) is 68.6 Å². The Labute approximate surface area is 243 Å². The Balaban J connectivity index is 1.35. The number of nitrogens with one attached hydrogen (secondary N) is 1. The first-order valence-electron chi connectivity index (χ1n) is 12.1. The van der Waals surface area contributed by atoms with E-state index in [1.54, 1.807) is 6.07 Å². The number of thioether (sulfide) groups is 1. The number of fused-ring (bicyclic) bond motifs is 4. The van der Waals surface area contributed by atoms with E-state index < -0.39 is 71.0 Å². The van der Waals surface area contributed by atoms with Gasteiger partial charge in [0.2, 0.25) is 5.91 Å². The van der Waals surface area contributed by atoms with Gasteiger partial charge in [0.25, 0.3) is 5.92 Å². The molecule has 0 spiro atoms. The molecule has 16 heteroatoms. The van der Waals surface area contributed by atoms with E-state index in [9.17, 15) is 35.5 Å². The molecule has 1 aromatic carbocycles. The summed E-state index contributed by atoms with van der Waals surface area (Å²) in [4.78, 5) is 22.1. The number of nitrogens with zero attached hydrogens (tertiary/aromatic N) is 4. The maximum atomic E-state index is 15.0. The third-order valence-corrected chi connectivity index (χ3v) is 9.65. The van der Waals surface area contributed by atoms with Crippen molar-refractivity contribution >= 4 is 55.3 Å². The summed E-state index contributed by atoms with van der Waals surface area (Å²) in [5.74, 6) is -8.43. The van der Waals surface area contributed by atoms with Gasteiger partial charge in [0.15, 0.2) is 15.7 Å². The van der Waals surface area contributed by atoms with Crippen molar-refractivity contribution in [3.8, 4) is 0 Å². The average molecular weight is 680 g/mol. The van der Waals surface area contributed by atoms with E-state index in [0.29, 0.717) is 20.9 Å². The topological polar surface area (TPSA) is 72.7 Å². The molecule has 1 saturated carbocycles. The number of aromatic nitrogens is 4. The SMILES string of the molecule is CSc1nc2nc(C(Cc3cc(F)cc(F)c3)NC(=O)Cn3nc(C(F)(F)F)c4c3C(F)(F)[C@@H]3C[C@H]43)c(Br)cc2s1. The molecule has 6 rings (SSSR count). The van der Waals surface area contributed by atoms with Crippen LogP contribution in [-0.4, -0.2) is 31.9 Å². The van der Waals surface area contributed by atoms with Crippen molar-refractivity contribution < 1.29 is 35.5 Å². The molecule has 3 heterocycles. The van der Waals surface area contributed by atoms with Gasteiger partial charge in [-0.3, -0.25) is 9.48 Å². The molecule has 0 saturated heterocycles. The number of alkyl halides is 5. The predicted octanol–water partition coefficient (Wildman–Crippen LogP) is 6.98. The largest absolute Gasteiger partial charge is 0.435 e. The first-order valence-corrected chi connectivity index (χ1v) is 14.9. The number of pyridine rings is 1. The predicted molar refractivity (Wildman–Crippen MR) is 140 cm³/mol. The zero-order chi connectivity index (χ0) is 29.4. The molecular weight excluding hydrogens is 663 g/mol. The van der Waals surface area contributed by atoms with Crippen LogP contribution in [-0.2, 0) is 29.9 Å². The molecule has 2 aliphatic carbocycles. The molecule has 41 heavy (non-hydrogen) atoms. The Morgan fingerprint density at radius 3 is 2.59 bits per heavy atom. The summed E-state index contributed by atoms with van der Waals surface area (Å²) in [6, 6.07) is 3.45. The van der Waals surface area contributed by atoms with Gasteiger partial charge in [-0.2, -0.15) is 27.1 Å². The Bertz CT molecular complexity index is 1690. The summed E-state index contributed by atoms with van der Waals surface area (Å²) in [5.41, 5.74) is -2.16. The van der Waals surface area contributed by atoms with Crippen molar-refractivity contribution in [1.82, 2.24) is 25.1 Å². The molecule has 2 aliphatic rings. The molecule has 216 valence electrons. The summed E-state index contributed by atoms with van der Waals surface area (Å²) < 4.78 is 101. The Morgan fingerprint density at radius 1 is 1.22 bits per heavy atom. The van der Waals surface area contributed by atoms with E-state index in [-0.39, 0.29) is 24.1 Å². The maximum Gasteiger partial charge on any atom is 0.435 e. The van der Waals surface area contributed by atoms with Crippen LogP contribution in [0.4, 0.5) is 30.7 Å². The van der Waals surface area contributed by atoms with E-state index in [1.807, 2.05) is 6.26 Å². The van der Waals surface area contributed by atoms with Gasteiger partial charge in [0.1, 0.15) is 23.9 Å². The molecule has 3 atom stereocenters. The fourth-order valence-electron chi connectivity index (χ4n) is 5.32. The van der Waals surface area contributed by atoms with E-state index >= 15 is 0 Å². The molecule has 3 aromatic heterocycles. The van der Waals surface area contributed by atoms with Crippen molar-refractivity contribution in [1.29, 1.82) is 0 Å². The van der Waals surface area contributed by atoms with E-state index in [1.165, 1.54) is 23.1 Å². The lowest BCUT2D eigenvalue weighted by molar-refractivity contribution is -0.142. The number of carbonyl (C=O) groups is 1. The number of benzene rings is 1. The summed E-state index contributed by atoms with van der Waals surface area (Å²) in [6.45, 7) is -0.936. The highest BCUT2D eigenvalue weighted by molar-refractivity contribution is 9.10. The highest BCUT2D eigenvalue weighted by atomic mass is 79.9. The van der Waals surface area contributed by atoms with Crippen molar-refractivity contribution in [2.75, 3.05) is 6.26 Å². The van der Waals surface area contributed by atoms with E-state index in [0.717, 1.165) is 21.2 Å². The molecule has 4 aromatic rings. The van der Waals surface area contributed by atoms with Crippen LogP contribution in [0.15, 0.2) is 33.1 Å². The first-order chi connectivity index (χ1) is 19.3. The van der Waals surface area contributed by atoms with Gasteiger partial charge in [-0.15, -0.1) is 11.3 Å². The minimum atomic E-state index is -4.98. The maximum absolute atomic E-state index is 15.0. The van der Waals surface area contributed by atoms with Crippen LogP contribution >= 0.6 is 39.0 Å². The monoisotopic (exact) mass is 679 g/mol. The van der Waals surface area contributed by atoms with Crippen LogP contribution in [0, 0.1) is 17.6 Å². The molecule has 6 nitrogen and oxygen atoms in total. The molecular formula is C25H17BrF7N5OS2. The van der Waals surface area contributed by atoms with Gasteiger partial charge < -0.3 is 5.32 Å². The molecule has 1 N–H and O–H groups in total. The molecule has 0 radical (unpaired) electrons. The second-order valence-electron chi connectivity index (χ2n) is 9.80. The second kappa shape index (κ2) is 9.93. The van der Waals surface area contributed by atoms with Gasteiger partial charge in [0.05, 0.1) is 16.4 Å². The molecule has 0 aliphatic heterocycles. The summed E-state index contributed by atoms with van der Waals surface area (Å²) in [6.07, 6.45) is -3.40. The molecule has 1 fully saturated rings. The van der Waals surface area contributed by atoms with Gasteiger partial charge in [0, 0.05) is 22.0 Å². The van der Waals surface area contributed by atoms with E-state index in [4.69, 9.17) is 0 Å². The number of rotatable bonds is 7. The van der Waals surface area contributed by atoms with Crippen LogP contribution < -0.4 is 5.32 Å². The van der Waals surface area contributed by atoms with Gasteiger partial charge in [-0.05, 0) is 64.7 Å². The number of hydrogen-bond donors (Lipinski definition) is 1. The third kappa shape index (κ3) is 5.11. The van der Waals surface area contributed by atoms with Gasteiger partial charge in [-0.1, -0.05) is 11.8 Å². The number of halogens is 8. The lowest BCUT2D eigenvalue weighted by atomic mass is 10.0.